The molecule has 12 heteroatoms. The van der Waals surface area contributed by atoms with Gasteiger partial charge in [0.2, 0.25) is 0 Å². The van der Waals surface area contributed by atoms with Gasteiger partial charge in [-0.2, -0.15) is 39.5 Å². The predicted octanol–water partition coefficient (Wildman–Crippen LogP) is 5.93. The lowest BCUT2D eigenvalue weighted by Gasteiger charge is -2.35. The second kappa shape index (κ2) is 6.95. The van der Waals surface area contributed by atoms with Crippen molar-refractivity contribution in [1.82, 2.24) is 0 Å². The Balaban J connectivity index is 3.15. The predicted molar refractivity (Wildman–Crippen MR) is 68.9 cm³/mol. The Labute approximate surface area is 142 Å². The first-order valence-electron chi connectivity index (χ1n) is 7.00. The second-order valence-corrected chi connectivity index (χ2v) is 6.35. The maximum absolute atomic E-state index is 13.8. The van der Waals surface area contributed by atoms with E-state index in [1.807, 2.05) is 0 Å². The molecule has 1 atom stereocenters. The molecule has 0 spiro atoms. The van der Waals surface area contributed by atoms with Gasteiger partial charge in [0.15, 0.2) is 6.10 Å². The summed E-state index contributed by atoms with van der Waals surface area (Å²) in [4.78, 5) is 9.23. The maximum Gasteiger partial charge on any atom is 0.460 e. The summed E-state index contributed by atoms with van der Waals surface area (Å²) in [5.41, 5.74) is -1.13. The quantitative estimate of drug-likeness (QED) is 0.322. The van der Waals surface area contributed by atoms with Crippen molar-refractivity contribution < 1.29 is 53.7 Å². The highest BCUT2D eigenvalue weighted by Gasteiger charge is 2.81. The van der Waals surface area contributed by atoms with Gasteiger partial charge < -0.3 is 4.42 Å². The van der Waals surface area contributed by atoms with Gasteiger partial charge in [-0.1, -0.05) is 0 Å². The van der Waals surface area contributed by atoms with Crippen molar-refractivity contribution in [3.63, 3.8) is 0 Å². The highest BCUT2D eigenvalue weighted by Crippen LogP contribution is 2.55. The minimum atomic E-state index is -6.97. The minimum Gasteiger partial charge on any atom is -0.466 e. The largest absolute Gasteiger partial charge is 0.466 e. The van der Waals surface area contributed by atoms with E-state index in [4.69, 9.17) is 0 Å². The van der Waals surface area contributed by atoms with Crippen molar-refractivity contribution in [1.29, 1.82) is 0 Å². The number of halogens is 9. The molecule has 0 aliphatic heterocycles. The average Bonchev–Trinajstić information content (AvgIpc) is 2.94. The molecule has 0 aliphatic carbocycles. The van der Waals surface area contributed by atoms with E-state index in [1.54, 1.807) is 0 Å². The van der Waals surface area contributed by atoms with Crippen molar-refractivity contribution in [2.75, 3.05) is 0 Å². The smallest absolute Gasteiger partial charge is 0.460 e. The average molecular weight is 402 g/mol. The Hall–Kier alpha value is -1.43. The third-order valence-electron chi connectivity index (χ3n) is 2.93. The Morgan fingerprint density at radius 1 is 0.923 bits per heavy atom. The van der Waals surface area contributed by atoms with E-state index >= 15 is 0 Å². The lowest BCUT2D eigenvalue weighted by molar-refractivity contribution is -0.414. The first-order chi connectivity index (χ1) is 11.4. The zero-order valence-electron chi connectivity index (χ0n) is 13.6. The van der Waals surface area contributed by atoms with Crippen LogP contribution >= 0.6 is 0 Å². The van der Waals surface area contributed by atoms with E-state index in [-0.39, 0.29) is 0 Å². The van der Waals surface area contributed by atoms with Gasteiger partial charge in [0, 0.05) is 0 Å². The summed E-state index contributed by atoms with van der Waals surface area (Å²) in [5.74, 6) is -20.1. The standard InChI is InChI=1S/C14H15F9O3/c1-10(2,3)26-25-9(8-5-4-6-24-8)7-11(15,16)12(17,18)13(19,20)14(21,22)23/h4-6,9H,7H2,1-3H3. The molecule has 26 heavy (non-hydrogen) atoms. The van der Waals surface area contributed by atoms with Crippen molar-refractivity contribution in [3.8, 4) is 0 Å². The molecule has 1 heterocycles. The van der Waals surface area contributed by atoms with Gasteiger partial charge in [-0.05, 0) is 32.9 Å². The number of hydrogen-bond donors (Lipinski definition) is 0. The van der Waals surface area contributed by atoms with Crippen LogP contribution in [0.1, 0.15) is 39.1 Å². The fraction of sp³-hybridized carbons (Fsp3) is 0.714. The van der Waals surface area contributed by atoms with Crippen LogP contribution in [0.5, 0.6) is 0 Å². The van der Waals surface area contributed by atoms with Gasteiger partial charge in [0.05, 0.1) is 18.3 Å². The Morgan fingerprint density at radius 3 is 1.85 bits per heavy atom. The van der Waals surface area contributed by atoms with Gasteiger partial charge in [-0.15, -0.1) is 0 Å². The fourth-order valence-electron chi connectivity index (χ4n) is 1.63. The van der Waals surface area contributed by atoms with E-state index in [0.717, 1.165) is 18.4 Å². The summed E-state index contributed by atoms with van der Waals surface area (Å²) in [6, 6.07) is 2.12. The molecule has 0 bridgehead atoms. The summed E-state index contributed by atoms with van der Waals surface area (Å²) < 4.78 is 121. The van der Waals surface area contributed by atoms with Gasteiger partial charge >= 0.3 is 23.9 Å². The summed E-state index contributed by atoms with van der Waals surface area (Å²) in [7, 11) is 0. The minimum absolute atomic E-state index is 0.528. The van der Waals surface area contributed by atoms with Crippen LogP contribution in [0.3, 0.4) is 0 Å². The number of hydrogen-bond acceptors (Lipinski definition) is 3. The topological polar surface area (TPSA) is 31.6 Å². The van der Waals surface area contributed by atoms with Crippen LogP contribution < -0.4 is 0 Å². The highest BCUT2D eigenvalue weighted by atomic mass is 19.4. The first kappa shape index (κ1) is 22.6. The van der Waals surface area contributed by atoms with Gasteiger partial charge in [-0.25, -0.2) is 9.78 Å². The van der Waals surface area contributed by atoms with Crippen LogP contribution in [0.25, 0.3) is 0 Å². The molecular weight excluding hydrogens is 387 g/mol. The van der Waals surface area contributed by atoms with E-state index in [0.29, 0.717) is 0 Å². The molecule has 0 aliphatic rings. The van der Waals surface area contributed by atoms with E-state index < -0.39 is 47.8 Å². The molecule has 1 unspecified atom stereocenters. The highest BCUT2D eigenvalue weighted by molar-refractivity contribution is 5.07. The summed E-state index contributed by atoms with van der Waals surface area (Å²) in [5, 5.41) is 0. The van der Waals surface area contributed by atoms with Gasteiger partial charge in [0.1, 0.15) is 5.76 Å². The molecule has 0 amide bonds. The van der Waals surface area contributed by atoms with Crippen molar-refractivity contribution in [2.45, 2.75) is 62.8 Å². The monoisotopic (exact) mass is 402 g/mol. The molecule has 0 aromatic carbocycles. The molecular formula is C14H15F9O3. The summed E-state index contributed by atoms with van der Waals surface area (Å²) in [6.45, 7) is 4.16. The maximum atomic E-state index is 13.8. The molecule has 152 valence electrons. The van der Waals surface area contributed by atoms with Crippen LogP contribution in [0.15, 0.2) is 22.8 Å². The molecule has 0 fully saturated rings. The first-order valence-corrected chi connectivity index (χ1v) is 7.00. The third kappa shape index (κ3) is 4.64. The van der Waals surface area contributed by atoms with Crippen LogP contribution in [-0.4, -0.2) is 29.5 Å². The molecule has 0 N–H and O–H groups in total. The van der Waals surface area contributed by atoms with Gasteiger partial charge in [0.25, 0.3) is 0 Å². The molecule has 0 saturated heterocycles. The Morgan fingerprint density at radius 2 is 1.46 bits per heavy atom. The molecule has 0 saturated carbocycles. The lowest BCUT2D eigenvalue weighted by Crippen LogP contribution is -2.61. The van der Waals surface area contributed by atoms with E-state index in [9.17, 15) is 39.5 Å². The molecule has 3 nitrogen and oxygen atoms in total. The normalized spacial score (nSPS) is 16.0. The zero-order chi connectivity index (χ0) is 20.6. The third-order valence-corrected chi connectivity index (χ3v) is 2.93. The summed E-state index contributed by atoms with van der Waals surface area (Å²) in [6.07, 6.45) is -10.4. The van der Waals surface area contributed by atoms with Crippen LogP contribution in [0, 0.1) is 0 Å². The van der Waals surface area contributed by atoms with Gasteiger partial charge in [-0.3, -0.25) is 0 Å². The number of furan rings is 1. The molecule has 1 aromatic heterocycles. The number of rotatable bonds is 7. The van der Waals surface area contributed by atoms with Crippen LogP contribution in [0.4, 0.5) is 39.5 Å². The lowest BCUT2D eigenvalue weighted by atomic mass is 9.97. The van der Waals surface area contributed by atoms with Crippen molar-refractivity contribution in [2.24, 2.45) is 0 Å². The van der Waals surface area contributed by atoms with E-state index in [1.165, 1.54) is 20.8 Å². The summed E-state index contributed by atoms with van der Waals surface area (Å²) >= 11 is 0. The SMILES string of the molecule is CC(C)(C)OOC(CC(F)(F)C(F)(F)C(F)(F)C(F)(F)F)c1ccco1. The molecule has 1 rings (SSSR count). The Bertz CT molecular complexity index is 573. The molecule has 0 radical (unpaired) electrons. The van der Waals surface area contributed by atoms with Crippen molar-refractivity contribution in [3.05, 3.63) is 24.2 Å². The fourth-order valence-corrected chi connectivity index (χ4v) is 1.63. The van der Waals surface area contributed by atoms with Crippen molar-refractivity contribution >= 4 is 0 Å². The Kier molecular flexibility index (Phi) is 6.04. The zero-order valence-corrected chi connectivity index (χ0v) is 13.6. The molecule has 1 aromatic rings. The van der Waals surface area contributed by atoms with Crippen LogP contribution in [0.2, 0.25) is 0 Å². The number of alkyl halides is 9. The second-order valence-electron chi connectivity index (χ2n) is 6.35. The van der Waals surface area contributed by atoms with Crippen LogP contribution in [-0.2, 0) is 9.78 Å². The van der Waals surface area contributed by atoms with E-state index in [2.05, 4.69) is 14.2 Å².